The van der Waals surface area contributed by atoms with E-state index in [0.717, 1.165) is 18.8 Å². The standard InChI is InChI=1S/C15H23NO2/c1-13(2)16-10-4-11-18-15-7-5-14(6-8-15)9-12-17-3/h4-8,10,13,16H,9,11-12H2,1-3H3. The molecule has 18 heavy (non-hydrogen) atoms. The summed E-state index contributed by atoms with van der Waals surface area (Å²) in [7, 11) is 1.72. The minimum absolute atomic E-state index is 0.460. The first-order valence-corrected chi connectivity index (χ1v) is 6.34. The monoisotopic (exact) mass is 249 g/mol. The third-order valence-electron chi connectivity index (χ3n) is 2.41. The Labute approximate surface area is 110 Å². The molecule has 0 saturated heterocycles. The highest BCUT2D eigenvalue weighted by atomic mass is 16.5. The van der Waals surface area contributed by atoms with Crippen molar-refractivity contribution in [3.8, 4) is 5.75 Å². The predicted molar refractivity (Wildman–Crippen MR) is 74.9 cm³/mol. The number of methoxy groups -OCH3 is 1. The highest BCUT2D eigenvalue weighted by Gasteiger charge is 1.94. The fraction of sp³-hybridized carbons (Fsp3) is 0.467. The summed E-state index contributed by atoms with van der Waals surface area (Å²) in [5.74, 6) is 0.894. The molecule has 0 aliphatic heterocycles. The number of benzene rings is 1. The Kier molecular flexibility index (Phi) is 6.96. The molecular formula is C15H23NO2. The number of ether oxygens (including phenoxy) is 2. The molecule has 1 aromatic rings. The molecule has 1 aromatic carbocycles. The highest BCUT2D eigenvalue weighted by molar-refractivity contribution is 5.27. The Morgan fingerprint density at radius 3 is 2.56 bits per heavy atom. The number of hydrogen-bond donors (Lipinski definition) is 1. The van der Waals surface area contributed by atoms with Crippen molar-refractivity contribution in [1.29, 1.82) is 0 Å². The minimum Gasteiger partial charge on any atom is -0.489 e. The van der Waals surface area contributed by atoms with Crippen LogP contribution in [0, 0.1) is 0 Å². The van der Waals surface area contributed by atoms with Gasteiger partial charge in [0.25, 0.3) is 0 Å². The van der Waals surface area contributed by atoms with Crippen LogP contribution in [-0.4, -0.2) is 26.4 Å². The van der Waals surface area contributed by atoms with E-state index in [1.165, 1.54) is 5.56 Å². The smallest absolute Gasteiger partial charge is 0.119 e. The Morgan fingerprint density at radius 2 is 1.94 bits per heavy atom. The van der Waals surface area contributed by atoms with Gasteiger partial charge in [0.1, 0.15) is 12.4 Å². The van der Waals surface area contributed by atoms with Gasteiger partial charge in [-0.15, -0.1) is 0 Å². The zero-order chi connectivity index (χ0) is 13.2. The summed E-state index contributed by atoms with van der Waals surface area (Å²) in [6.45, 7) is 5.54. The number of rotatable bonds is 8. The van der Waals surface area contributed by atoms with E-state index in [-0.39, 0.29) is 0 Å². The zero-order valence-corrected chi connectivity index (χ0v) is 11.5. The maximum Gasteiger partial charge on any atom is 0.119 e. The average molecular weight is 249 g/mol. The van der Waals surface area contributed by atoms with E-state index in [1.54, 1.807) is 7.11 Å². The summed E-state index contributed by atoms with van der Waals surface area (Å²) in [5.41, 5.74) is 1.27. The summed E-state index contributed by atoms with van der Waals surface area (Å²) in [5, 5.41) is 3.19. The summed E-state index contributed by atoms with van der Waals surface area (Å²) in [6.07, 6.45) is 4.84. The van der Waals surface area contributed by atoms with Crippen LogP contribution in [0.15, 0.2) is 36.5 Å². The maximum absolute atomic E-state index is 5.59. The van der Waals surface area contributed by atoms with E-state index in [9.17, 15) is 0 Å². The number of nitrogens with one attached hydrogen (secondary N) is 1. The van der Waals surface area contributed by atoms with Crippen LogP contribution in [0.3, 0.4) is 0 Å². The molecule has 0 bridgehead atoms. The lowest BCUT2D eigenvalue weighted by Gasteiger charge is -2.06. The van der Waals surface area contributed by atoms with Gasteiger partial charge in [0.15, 0.2) is 0 Å². The molecule has 0 spiro atoms. The molecule has 0 fully saturated rings. The normalized spacial score (nSPS) is 11.1. The van der Waals surface area contributed by atoms with Gasteiger partial charge in [0, 0.05) is 13.2 Å². The molecule has 0 amide bonds. The summed E-state index contributed by atoms with van der Waals surface area (Å²) < 4.78 is 10.6. The first-order valence-electron chi connectivity index (χ1n) is 6.34. The van der Waals surface area contributed by atoms with Crippen molar-refractivity contribution in [3.63, 3.8) is 0 Å². The second-order valence-corrected chi connectivity index (χ2v) is 4.42. The van der Waals surface area contributed by atoms with Crippen LogP contribution in [0.1, 0.15) is 19.4 Å². The Morgan fingerprint density at radius 1 is 1.22 bits per heavy atom. The van der Waals surface area contributed by atoms with Crippen LogP contribution >= 0.6 is 0 Å². The molecule has 0 unspecified atom stereocenters. The Balaban J connectivity index is 2.28. The van der Waals surface area contributed by atoms with Gasteiger partial charge in [-0.05, 0) is 50.2 Å². The predicted octanol–water partition coefficient (Wildman–Crippen LogP) is 2.77. The van der Waals surface area contributed by atoms with Crippen molar-refractivity contribution >= 4 is 0 Å². The van der Waals surface area contributed by atoms with Crippen LogP contribution in [-0.2, 0) is 11.2 Å². The van der Waals surface area contributed by atoms with Gasteiger partial charge in [-0.2, -0.15) is 0 Å². The second kappa shape index (κ2) is 8.59. The average Bonchev–Trinajstić information content (AvgIpc) is 2.37. The van der Waals surface area contributed by atoms with Gasteiger partial charge >= 0.3 is 0 Å². The topological polar surface area (TPSA) is 30.5 Å². The van der Waals surface area contributed by atoms with Crippen LogP contribution in [0.25, 0.3) is 0 Å². The molecule has 0 aromatic heterocycles. The van der Waals surface area contributed by atoms with Crippen LogP contribution in [0.2, 0.25) is 0 Å². The molecule has 100 valence electrons. The van der Waals surface area contributed by atoms with Crippen molar-refractivity contribution in [3.05, 3.63) is 42.1 Å². The number of hydrogen-bond acceptors (Lipinski definition) is 3. The van der Waals surface area contributed by atoms with Gasteiger partial charge < -0.3 is 14.8 Å². The summed E-state index contributed by atoms with van der Waals surface area (Å²) in [4.78, 5) is 0. The highest BCUT2D eigenvalue weighted by Crippen LogP contribution is 2.12. The first-order chi connectivity index (χ1) is 8.72. The maximum atomic E-state index is 5.59. The lowest BCUT2D eigenvalue weighted by Crippen LogP contribution is -2.15. The van der Waals surface area contributed by atoms with Crippen molar-refractivity contribution in [2.75, 3.05) is 20.3 Å². The van der Waals surface area contributed by atoms with E-state index in [4.69, 9.17) is 9.47 Å². The van der Waals surface area contributed by atoms with Crippen molar-refractivity contribution in [2.45, 2.75) is 26.3 Å². The molecule has 1 N–H and O–H groups in total. The Bertz CT molecular complexity index is 344. The van der Waals surface area contributed by atoms with Gasteiger partial charge in [-0.25, -0.2) is 0 Å². The van der Waals surface area contributed by atoms with Gasteiger partial charge in [0.05, 0.1) is 6.61 Å². The quantitative estimate of drug-likeness (QED) is 0.768. The van der Waals surface area contributed by atoms with Gasteiger partial charge in [0.2, 0.25) is 0 Å². The Hall–Kier alpha value is -1.48. The third-order valence-corrected chi connectivity index (χ3v) is 2.41. The first kappa shape index (κ1) is 14.6. The molecule has 3 nitrogen and oxygen atoms in total. The van der Waals surface area contributed by atoms with Crippen molar-refractivity contribution in [1.82, 2.24) is 5.32 Å². The largest absolute Gasteiger partial charge is 0.489 e. The van der Waals surface area contributed by atoms with Gasteiger partial charge in [-0.3, -0.25) is 0 Å². The summed E-state index contributed by atoms with van der Waals surface area (Å²) in [6, 6.07) is 8.60. The van der Waals surface area contributed by atoms with Crippen molar-refractivity contribution in [2.24, 2.45) is 0 Å². The fourth-order valence-electron chi connectivity index (χ4n) is 1.43. The van der Waals surface area contributed by atoms with E-state index in [2.05, 4.69) is 31.3 Å². The molecule has 3 heteroatoms. The lowest BCUT2D eigenvalue weighted by molar-refractivity contribution is 0.202. The molecule has 0 radical (unpaired) electrons. The molecule has 0 aliphatic carbocycles. The SMILES string of the molecule is COCCc1ccc(OCC=CNC(C)C)cc1. The third kappa shape index (κ3) is 6.30. The van der Waals surface area contributed by atoms with Crippen LogP contribution < -0.4 is 10.1 Å². The van der Waals surface area contributed by atoms with Crippen LogP contribution in [0.5, 0.6) is 5.75 Å². The zero-order valence-electron chi connectivity index (χ0n) is 11.5. The fourth-order valence-corrected chi connectivity index (χ4v) is 1.43. The van der Waals surface area contributed by atoms with E-state index in [0.29, 0.717) is 12.6 Å². The second-order valence-electron chi connectivity index (χ2n) is 4.42. The minimum atomic E-state index is 0.460. The van der Waals surface area contributed by atoms with Crippen molar-refractivity contribution < 1.29 is 9.47 Å². The lowest BCUT2D eigenvalue weighted by atomic mass is 10.1. The molecular weight excluding hydrogens is 226 g/mol. The molecule has 0 saturated carbocycles. The van der Waals surface area contributed by atoms with Gasteiger partial charge in [-0.1, -0.05) is 12.1 Å². The van der Waals surface area contributed by atoms with E-state index >= 15 is 0 Å². The molecule has 0 atom stereocenters. The van der Waals surface area contributed by atoms with E-state index < -0.39 is 0 Å². The molecule has 1 rings (SSSR count). The molecule has 0 heterocycles. The summed E-state index contributed by atoms with van der Waals surface area (Å²) >= 11 is 0. The van der Waals surface area contributed by atoms with Crippen LogP contribution in [0.4, 0.5) is 0 Å². The molecule has 0 aliphatic rings. The van der Waals surface area contributed by atoms with E-state index in [1.807, 2.05) is 24.4 Å².